The molecule has 3 fully saturated rings. The van der Waals surface area contributed by atoms with Crippen LogP contribution in [-0.2, 0) is 14.2 Å². The van der Waals surface area contributed by atoms with Crippen molar-refractivity contribution in [2.24, 2.45) is 0 Å². The molecule has 0 radical (unpaired) electrons. The van der Waals surface area contributed by atoms with E-state index < -0.39 is 17.3 Å². The second kappa shape index (κ2) is 10.4. The molecule has 2 aliphatic heterocycles. The zero-order valence-corrected chi connectivity index (χ0v) is 20.2. The molecule has 0 atom stereocenters. The van der Waals surface area contributed by atoms with E-state index >= 15 is 0 Å². The summed E-state index contributed by atoms with van der Waals surface area (Å²) < 4.78 is 17.1. The number of ether oxygens (including phenoxy) is 3. The number of pyridine rings is 1. The average Bonchev–Trinajstić information content (AvgIpc) is 3.33. The van der Waals surface area contributed by atoms with Crippen molar-refractivity contribution in [3.63, 3.8) is 0 Å². The van der Waals surface area contributed by atoms with Crippen LogP contribution in [0.1, 0.15) is 48.9 Å². The average molecular weight is 483 g/mol. The molecule has 35 heavy (non-hydrogen) atoms. The molecule has 1 saturated carbocycles. The van der Waals surface area contributed by atoms with E-state index in [0.29, 0.717) is 24.6 Å². The number of rotatable bonds is 6. The van der Waals surface area contributed by atoms with Crippen LogP contribution in [0.2, 0.25) is 0 Å². The second-order valence-corrected chi connectivity index (χ2v) is 9.54. The predicted octanol–water partition coefficient (Wildman–Crippen LogP) is 3.34. The minimum absolute atomic E-state index is 0.100. The van der Waals surface area contributed by atoms with Gasteiger partial charge in [-0.05, 0) is 56.0 Å². The highest BCUT2D eigenvalue weighted by molar-refractivity contribution is 6.07. The number of nitrogens with one attached hydrogen (secondary N) is 3. The molecule has 3 N–H and O–H groups in total. The lowest BCUT2D eigenvalue weighted by Crippen LogP contribution is -2.45. The van der Waals surface area contributed by atoms with Gasteiger partial charge < -0.3 is 34.7 Å². The van der Waals surface area contributed by atoms with Gasteiger partial charge in [-0.3, -0.25) is 9.59 Å². The first kappa shape index (κ1) is 23.8. The number of amides is 1. The Bertz CT molecular complexity index is 1060. The van der Waals surface area contributed by atoms with Crippen molar-refractivity contribution in [2.45, 2.75) is 56.5 Å². The van der Waals surface area contributed by atoms with Crippen molar-refractivity contribution in [1.82, 2.24) is 4.98 Å². The van der Waals surface area contributed by atoms with Gasteiger partial charge in [-0.1, -0.05) is 0 Å². The Hall–Kier alpha value is -2.88. The first-order valence-electron chi connectivity index (χ1n) is 12.5. The molecular formula is C26H34N4O5. The molecule has 0 unspecified atom stereocenters. The van der Waals surface area contributed by atoms with Gasteiger partial charge in [-0.25, -0.2) is 0 Å². The molecule has 5 rings (SSSR count). The Morgan fingerprint density at radius 2 is 1.74 bits per heavy atom. The highest BCUT2D eigenvalue weighted by Gasteiger charge is 2.39. The number of methoxy groups -OCH3 is 1. The largest absolute Gasteiger partial charge is 0.381 e. The Morgan fingerprint density at radius 1 is 1.06 bits per heavy atom. The molecule has 1 aliphatic carbocycles. The Kier molecular flexibility index (Phi) is 7.08. The van der Waals surface area contributed by atoms with E-state index in [4.69, 9.17) is 14.2 Å². The number of piperidine rings is 1. The summed E-state index contributed by atoms with van der Waals surface area (Å²) in [5.41, 5.74) is 1.98. The number of aromatic nitrogens is 1. The number of benzene rings is 1. The standard InChI is InChI=1S/C26H34N4O5/c1-33-21-8-4-18(5-9-21)28-22-10-13-27-24(31)23(22)25(32)29-19-2-6-20(7-3-19)30-14-11-26(12-15-30)34-16-17-35-26/h2-3,6-7,10,13,18,21H,4-5,8-9,11-12,14-17H2,1H3,(H,29,32)(H2,27,28,31). The van der Waals surface area contributed by atoms with Crippen LogP contribution >= 0.6 is 0 Å². The van der Waals surface area contributed by atoms with Crippen LogP contribution < -0.4 is 21.1 Å². The fraction of sp³-hybridized carbons (Fsp3) is 0.538. The fourth-order valence-corrected chi connectivity index (χ4v) is 5.33. The number of hydrogen-bond donors (Lipinski definition) is 3. The van der Waals surface area contributed by atoms with Crippen LogP contribution in [-0.4, -0.2) is 62.2 Å². The maximum Gasteiger partial charge on any atom is 0.263 e. The molecule has 1 aromatic heterocycles. The Labute approximate surface area is 205 Å². The summed E-state index contributed by atoms with van der Waals surface area (Å²) in [7, 11) is 1.74. The molecular weight excluding hydrogens is 448 g/mol. The summed E-state index contributed by atoms with van der Waals surface area (Å²) in [6.45, 7) is 3.05. The van der Waals surface area contributed by atoms with Crippen LogP contribution in [0, 0.1) is 0 Å². The number of anilines is 3. The first-order valence-corrected chi connectivity index (χ1v) is 12.5. The van der Waals surface area contributed by atoms with E-state index in [9.17, 15) is 9.59 Å². The molecule has 2 aromatic rings. The SMILES string of the molecule is COC1CCC(Nc2cc[nH]c(=O)c2C(=O)Nc2ccc(N3CCC4(CC3)OCCO4)cc2)CC1. The van der Waals surface area contributed by atoms with Crippen LogP contribution in [0.25, 0.3) is 0 Å². The maximum absolute atomic E-state index is 13.1. The smallest absolute Gasteiger partial charge is 0.263 e. The van der Waals surface area contributed by atoms with Crippen LogP contribution in [0.4, 0.5) is 17.1 Å². The molecule has 0 bridgehead atoms. The highest BCUT2D eigenvalue weighted by Crippen LogP contribution is 2.33. The zero-order chi connectivity index (χ0) is 24.3. The van der Waals surface area contributed by atoms with Crippen molar-refractivity contribution in [3.05, 3.63) is 52.4 Å². The minimum atomic E-state index is -0.428. The van der Waals surface area contributed by atoms with Gasteiger partial charge in [-0.15, -0.1) is 0 Å². The monoisotopic (exact) mass is 482 g/mol. The summed E-state index contributed by atoms with van der Waals surface area (Å²) in [4.78, 5) is 30.6. The lowest BCUT2D eigenvalue weighted by molar-refractivity contribution is -0.169. The van der Waals surface area contributed by atoms with Crippen LogP contribution in [0.3, 0.4) is 0 Å². The Balaban J connectivity index is 1.22. The molecule has 9 heteroatoms. The van der Waals surface area contributed by atoms with Crippen molar-refractivity contribution in [3.8, 4) is 0 Å². The van der Waals surface area contributed by atoms with E-state index in [2.05, 4.69) is 20.5 Å². The van der Waals surface area contributed by atoms with E-state index in [-0.39, 0.29) is 17.7 Å². The minimum Gasteiger partial charge on any atom is -0.381 e. The number of aromatic amines is 1. The number of nitrogens with zero attached hydrogens (tertiary/aromatic N) is 1. The lowest BCUT2D eigenvalue weighted by atomic mass is 9.92. The summed E-state index contributed by atoms with van der Waals surface area (Å²) in [5.74, 6) is -0.828. The molecule has 1 spiro atoms. The third-order valence-electron chi connectivity index (χ3n) is 7.38. The van der Waals surface area contributed by atoms with Gasteiger partial charge in [0, 0.05) is 56.7 Å². The molecule has 2 saturated heterocycles. The van der Waals surface area contributed by atoms with E-state index in [0.717, 1.165) is 57.3 Å². The van der Waals surface area contributed by atoms with Gasteiger partial charge in [0.2, 0.25) is 0 Å². The maximum atomic E-state index is 13.1. The number of H-pyrrole nitrogens is 1. The molecule has 1 aromatic carbocycles. The number of carbonyl (C=O) groups is 1. The molecule has 3 heterocycles. The van der Waals surface area contributed by atoms with Gasteiger partial charge in [0.15, 0.2) is 5.79 Å². The molecule has 188 valence electrons. The summed E-state index contributed by atoms with van der Waals surface area (Å²) in [6.07, 6.45) is 7.32. The van der Waals surface area contributed by atoms with E-state index in [1.165, 1.54) is 0 Å². The van der Waals surface area contributed by atoms with E-state index in [1.54, 1.807) is 19.4 Å². The van der Waals surface area contributed by atoms with Gasteiger partial charge in [0.05, 0.1) is 25.0 Å². The third kappa shape index (κ3) is 5.37. The third-order valence-corrected chi connectivity index (χ3v) is 7.38. The molecule has 1 amide bonds. The van der Waals surface area contributed by atoms with E-state index in [1.807, 2.05) is 24.3 Å². The second-order valence-electron chi connectivity index (χ2n) is 9.54. The first-order chi connectivity index (χ1) is 17.0. The number of carbonyl (C=O) groups excluding carboxylic acids is 1. The molecule has 3 aliphatic rings. The Morgan fingerprint density at radius 3 is 2.40 bits per heavy atom. The number of hydrogen-bond acceptors (Lipinski definition) is 7. The molecule has 9 nitrogen and oxygen atoms in total. The normalized spacial score (nSPS) is 23.9. The zero-order valence-electron chi connectivity index (χ0n) is 20.2. The fourth-order valence-electron chi connectivity index (χ4n) is 5.33. The van der Waals surface area contributed by atoms with Gasteiger partial charge in [-0.2, -0.15) is 0 Å². The predicted molar refractivity (Wildman–Crippen MR) is 134 cm³/mol. The van der Waals surface area contributed by atoms with Crippen LogP contribution in [0.15, 0.2) is 41.3 Å². The quantitative estimate of drug-likeness (QED) is 0.580. The van der Waals surface area contributed by atoms with Crippen molar-refractivity contribution >= 4 is 23.0 Å². The highest BCUT2D eigenvalue weighted by atomic mass is 16.7. The lowest BCUT2D eigenvalue weighted by Gasteiger charge is -2.38. The topological polar surface area (TPSA) is 105 Å². The summed E-state index contributed by atoms with van der Waals surface area (Å²) in [5, 5.41) is 6.30. The van der Waals surface area contributed by atoms with Gasteiger partial charge in [0.25, 0.3) is 11.5 Å². The van der Waals surface area contributed by atoms with Gasteiger partial charge >= 0.3 is 0 Å². The summed E-state index contributed by atoms with van der Waals surface area (Å²) >= 11 is 0. The van der Waals surface area contributed by atoms with Crippen LogP contribution in [0.5, 0.6) is 0 Å². The van der Waals surface area contributed by atoms with Crippen molar-refractivity contribution < 1.29 is 19.0 Å². The van der Waals surface area contributed by atoms with Crippen molar-refractivity contribution in [2.75, 3.05) is 48.9 Å². The van der Waals surface area contributed by atoms with Gasteiger partial charge in [0.1, 0.15) is 5.56 Å². The van der Waals surface area contributed by atoms with Crippen molar-refractivity contribution in [1.29, 1.82) is 0 Å². The summed E-state index contributed by atoms with van der Waals surface area (Å²) in [6, 6.07) is 9.69.